The first-order chi connectivity index (χ1) is 8.55. The Labute approximate surface area is 108 Å². The van der Waals surface area contributed by atoms with Crippen LogP contribution in [-0.2, 0) is 5.54 Å². The Hall–Kier alpha value is -1.87. The van der Waals surface area contributed by atoms with E-state index in [-0.39, 0.29) is 0 Å². The van der Waals surface area contributed by atoms with Gasteiger partial charge in [-0.15, -0.1) is 0 Å². The summed E-state index contributed by atoms with van der Waals surface area (Å²) in [5.41, 5.74) is 9.12. The highest BCUT2D eigenvalue weighted by Gasteiger charge is 2.25. The molecule has 1 heterocycles. The van der Waals surface area contributed by atoms with E-state index >= 15 is 0 Å². The van der Waals surface area contributed by atoms with Crippen LogP contribution < -0.4 is 10.5 Å². The Bertz CT molecular complexity index is 550. The van der Waals surface area contributed by atoms with Crippen molar-refractivity contribution in [3.8, 4) is 5.75 Å². The van der Waals surface area contributed by atoms with Gasteiger partial charge in [0.15, 0.2) is 0 Å². The minimum atomic E-state index is -0.577. The maximum atomic E-state index is 6.49. The van der Waals surface area contributed by atoms with Gasteiger partial charge in [0, 0.05) is 6.20 Å². The van der Waals surface area contributed by atoms with Crippen LogP contribution in [0.15, 0.2) is 42.7 Å². The maximum absolute atomic E-state index is 6.49. The van der Waals surface area contributed by atoms with E-state index in [1.54, 1.807) is 19.5 Å². The molecular formula is C15H18N2O. The van der Waals surface area contributed by atoms with Gasteiger partial charge in [-0.05, 0) is 36.6 Å². The van der Waals surface area contributed by atoms with Crippen molar-refractivity contribution in [3.05, 3.63) is 59.4 Å². The number of aryl methyl sites for hydroxylation is 1. The lowest BCUT2D eigenvalue weighted by Crippen LogP contribution is -2.35. The summed E-state index contributed by atoms with van der Waals surface area (Å²) in [6.07, 6.45) is 3.46. The highest BCUT2D eigenvalue weighted by Crippen LogP contribution is 2.29. The number of nitrogens with two attached hydrogens (primary N) is 1. The summed E-state index contributed by atoms with van der Waals surface area (Å²) in [6.45, 7) is 4.06. The molecule has 18 heavy (non-hydrogen) atoms. The number of pyridine rings is 1. The molecule has 1 unspecified atom stereocenters. The maximum Gasteiger partial charge on any atom is 0.137 e. The molecule has 1 aromatic heterocycles. The van der Waals surface area contributed by atoms with Crippen LogP contribution in [-0.4, -0.2) is 12.1 Å². The van der Waals surface area contributed by atoms with E-state index in [4.69, 9.17) is 10.5 Å². The average molecular weight is 242 g/mol. The van der Waals surface area contributed by atoms with E-state index in [0.717, 1.165) is 16.9 Å². The van der Waals surface area contributed by atoms with Gasteiger partial charge in [0.2, 0.25) is 0 Å². The third kappa shape index (κ3) is 2.22. The lowest BCUT2D eigenvalue weighted by atomic mass is 9.84. The number of hydrogen-bond donors (Lipinski definition) is 1. The molecule has 0 amide bonds. The minimum absolute atomic E-state index is 0.577. The molecule has 2 aromatic rings. The van der Waals surface area contributed by atoms with Crippen molar-refractivity contribution in [2.45, 2.75) is 19.4 Å². The zero-order valence-electron chi connectivity index (χ0n) is 11.0. The minimum Gasteiger partial charge on any atom is -0.495 e. The second-order valence-electron chi connectivity index (χ2n) is 4.63. The summed E-state index contributed by atoms with van der Waals surface area (Å²) < 4.78 is 5.20. The summed E-state index contributed by atoms with van der Waals surface area (Å²) >= 11 is 0. The fourth-order valence-corrected chi connectivity index (χ4v) is 2.13. The fraction of sp³-hybridized carbons (Fsp3) is 0.267. The number of methoxy groups -OCH3 is 1. The summed E-state index contributed by atoms with van der Waals surface area (Å²) in [6, 6.07) is 10.1. The van der Waals surface area contributed by atoms with Crippen LogP contribution in [0.5, 0.6) is 5.75 Å². The zero-order valence-corrected chi connectivity index (χ0v) is 11.0. The van der Waals surface area contributed by atoms with Crippen LogP contribution in [0.2, 0.25) is 0 Å². The zero-order chi connectivity index (χ0) is 13.2. The van der Waals surface area contributed by atoms with Crippen molar-refractivity contribution in [2.75, 3.05) is 7.11 Å². The van der Waals surface area contributed by atoms with Crippen LogP contribution in [0.1, 0.15) is 23.6 Å². The van der Waals surface area contributed by atoms with E-state index in [9.17, 15) is 0 Å². The van der Waals surface area contributed by atoms with Gasteiger partial charge >= 0.3 is 0 Å². The highest BCUT2D eigenvalue weighted by molar-refractivity contribution is 5.42. The molecule has 2 N–H and O–H groups in total. The molecular weight excluding hydrogens is 224 g/mol. The van der Waals surface area contributed by atoms with Crippen molar-refractivity contribution in [1.82, 2.24) is 4.98 Å². The topological polar surface area (TPSA) is 48.1 Å². The first-order valence-electron chi connectivity index (χ1n) is 5.90. The molecule has 0 spiro atoms. The molecule has 0 aliphatic rings. The van der Waals surface area contributed by atoms with Gasteiger partial charge in [-0.2, -0.15) is 0 Å². The Morgan fingerprint density at radius 2 is 1.94 bits per heavy atom. The standard InChI is InChI=1S/C15H18N2O/c1-11-6-4-5-7-14(11)15(2,16)12-8-13(18-3)10-17-9-12/h4-10H,16H2,1-3H3. The molecule has 1 aromatic carbocycles. The molecule has 0 aliphatic heterocycles. The molecule has 0 fully saturated rings. The molecule has 2 rings (SSSR count). The lowest BCUT2D eigenvalue weighted by molar-refractivity contribution is 0.410. The van der Waals surface area contributed by atoms with Gasteiger partial charge in [0.1, 0.15) is 5.75 Å². The van der Waals surface area contributed by atoms with Gasteiger partial charge in [-0.1, -0.05) is 24.3 Å². The van der Waals surface area contributed by atoms with Crippen molar-refractivity contribution in [3.63, 3.8) is 0 Å². The summed E-state index contributed by atoms with van der Waals surface area (Å²) in [4.78, 5) is 4.17. The van der Waals surface area contributed by atoms with E-state index in [2.05, 4.69) is 24.0 Å². The summed E-state index contributed by atoms with van der Waals surface area (Å²) in [5.74, 6) is 0.720. The van der Waals surface area contributed by atoms with E-state index in [1.165, 1.54) is 5.56 Å². The smallest absolute Gasteiger partial charge is 0.137 e. The van der Waals surface area contributed by atoms with Gasteiger partial charge in [-0.3, -0.25) is 4.98 Å². The Kier molecular flexibility index (Phi) is 3.34. The molecule has 0 radical (unpaired) electrons. The molecule has 3 heteroatoms. The van der Waals surface area contributed by atoms with Gasteiger partial charge in [0.05, 0.1) is 18.8 Å². The highest BCUT2D eigenvalue weighted by atomic mass is 16.5. The number of rotatable bonds is 3. The third-order valence-electron chi connectivity index (χ3n) is 3.25. The van der Waals surface area contributed by atoms with Gasteiger partial charge < -0.3 is 10.5 Å². The summed E-state index contributed by atoms with van der Waals surface area (Å²) in [5, 5.41) is 0. The molecule has 0 aliphatic carbocycles. The third-order valence-corrected chi connectivity index (χ3v) is 3.25. The van der Waals surface area contributed by atoms with E-state index in [1.807, 2.05) is 25.1 Å². The normalized spacial score (nSPS) is 14.0. The van der Waals surface area contributed by atoms with Crippen molar-refractivity contribution < 1.29 is 4.74 Å². The van der Waals surface area contributed by atoms with Crippen LogP contribution >= 0.6 is 0 Å². The number of benzene rings is 1. The van der Waals surface area contributed by atoms with Gasteiger partial charge in [0.25, 0.3) is 0 Å². The number of nitrogens with zero attached hydrogens (tertiary/aromatic N) is 1. The van der Waals surface area contributed by atoms with Crippen molar-refractivity contribution in [1.29, 1.82) is 0 Å². The van der Waals surface area contributed by atoms with Crippen LogP contribution in [0.4, 0.5) is 0 Å². The first kappa shape index (κ1) is 12.6. The number of ether oxygens (including phenoxy) is 1. The Morgan fingerprint density at radius 3 is 2.61 bits per heavy atom. The lowest BCUT2D eigenvalue weighted by Gasteiger charge is -2.27. The second kappa shape index (κ2) is 4.78. The predicted molar refractivity (Wildman–Crippen MR) is 72.6 cm³/mol. The molecule has 0 saturated carbocycles. The largest absolute Gasteiger partial charge is 0.495 e. The van der Waals surface area contributed by atoms with E-state index < -0.39 is 5.54 Å². The fourth-order valence-electron chi connectivity index (χ4n) is 2.13. The monoisotopic (exact) mass is 242 g/mol. The van der Waals surface area contributed by atoms with Crippen LogP contribution in [0.25, 0.3) is 0 Å². The number of aromatic nitrogens is 1. The first-order valence-corrected chi connectivity index (χ1v) is 5.90. The van der Waals surface area contributed by atoms with Gasteiger partial charge in [-0.25, -0.2) is 0 Å². The molecule has 3 nitrogen and oxygen atoms in total. The summed E-state index contributed by atoms with van der Waals surface area (Å²) in [7, 11) is 1.63. The molecule has 1 atom stereocenters. The Balaban J connectivity index is 2.50. The molecule has 0 bridgehead atoms. The predicted octanol–water partition coefficient (Wildman–Crippen LogP) is 2.62. The average Bonchev–Trinajstić information content (AvgIpc) is 2.39. The van der Waals surface area contributed by atoms with Crippen LogP contribution in [0, 0.1) is 6.92 Å². The molecule has 0 saturated heterocycles. The quantitative estimate of drug-likeness (QED) is 0.900. The van der Waals surface area contributed by atoms with Crippen molar-refractivity contribution >= 4 is 0 Å². The molecule has 94 valence electrons. The SMILES string of the molecule is COc1cncc(C(C)(N)c2ccccc2C)c1. The van der Waals surface area contributed by atoms with E-state index in [0.29, 0.717) is 0 Å². The van der Waals surface area contributed by atoms with Crippen LogP contribution in [0.3, 0.4) is 0 Å². The number of hydrogen-bond acceptors (Lipinski definition) is 3. The van der Waals surface area contributed by atoms with Crippen molar-refractivity contribution in [2.24, 2.45) is 5.73 Å². The second-order valence-corrected chi connectivity index (χ2v) is 4.63. The Morgan fingerprint density at radius 1 is 1.22 bits per heavy atom.